The maximum absolute atomic E-state index is 13.2. The molecule has 3 rings (SSSR count). The quantitative estimate of drug-likeness (QED) is 0.405. The smallest absolute Gasteiger partial charge is 0.269 e. The molecule has 176 valence electrons. The van der Waals surface area contributed by atoms with Gasteiger partial charge in [-0.2, -0.15) is 0 Å². The van der Waals surface area contributed by atoms with Crippen LogP contribution in [0.3, 0.4) is 0 Å². The molecule has 1 aliphatic rings. The molecule has 2 amide bonds. The number of amides is 2. The molecule has 1 aliphatic carbocycles. The molecule has 1 saturated carbocycles. The van der Waals surface area contributed by atoms with E-state index in [-0.39, 0.29) is 29.3 Å². The molecule has 1 fully saturated rings. The Kier molecular flexibility index (Phi) is 8.88. The Balaban J connectivity index is 1.64. The Morgan fingerprint density at radius 3 is 2.48 bits per heavy atom. The van der Waals surface area contributed by atoms with E-state index >= 15 is 0 Å². The lowest BCUT2D eigenvalue weighted by Crippen LogP contribution is -2.50. The minimum atomic E-state index is -0.571. The first-order chi connectivity index (χ1) is 15.8. The number of nitro groups is 1. The van der Waals surface area contributed by atoms with Crippen molar-refractivity contribution in [3.63, 3.8) is 0 Å². The minimum absolute atomic E-state index is 0.0475. The van der Waals surface area contributed by atoms with Crippen molar-refractivity contribution in [2.24, 2.45) is 0 Å². The number of nitrogens with one attached hydrogen (secondary N) is 1. The average Bonchev–Trinajstić information content (AvgIpc) is 3.30. The van der Waals surface area contributed by atoms with Crippen molar-refractivity contribution in [3.8, 4) is 0 Å². The number of non-ortho nitro benzene ring substituents is 1. The molecule has 33 heavy (non-hydrogen) atoms. The maximum atomic E-state index is 13.2. The molecule has 1 atom stereocenters. The molecule has 1 N–H and O–H groups in total. The van der Waals surface area contributed by atoms with Gasteiger partial charge >= 0.3 is 0 Å². The third kappa shape index (κ3) is 7.32. The third-order valence-corrected chi connectivity index (χ3v) is 6.93. The van der Waals surface area contributed by atoms with Gasteiger partial charge in [-0.05, 0) is 37.8 Å². The Hall–Kier alpha value is -2.87. The van der Waals surface area contributed by atoms with Crippen molar-refractivity contribution in [1.82, 2.24) is 10.2 Å². The monoisotopic (exact) mass is 469 g/mol. The summed E-state index contributed by atoms with van der Waals surface area (Å²) in [5, 5.41) is 13.9. The number of carbonyl (C=O) groups excluding carboxylic acids is 2. The van der Waals surface area contributed by atoms with Gasteiger partial charge in [0.2, 0.25) is 11.8 Å². The summed E-state index contributed by atoms with van der Waals surface area (Å²) in [7, 11) is 0. The number of rotatable bonds is 10. The molecule has 7 nitrogen and oxygen atoms in total. The molecular weight excluding hydrogens is 438 g/mol. The first kappa shape index (κ1) is 24.8. The number of hydrogen-bond acceptors (Lipinski definition) is 5. The Morgan fingerprint density at radius 2 is 1.85 bits per heavy atom. The summed E-state index contributed by atoms with van der Waals surface area (Å²) in [5.41, 5.74) is 3.06. The predicted octanol–water partition coefficient (Wildman–Crippen LogP) is 4.61. The molecule has 2 aromatic carbocycles. The zero-order valence-corrected chi connectivity index (χ0v) is 20.0. The molecule has 0 radical (unpaired) electrons. The van der Waals surface area contributed by atoms with Gasteiger partial charge in [0.15, 0.2) is 0 Å². The highest BCUT2D eigenvalue weighted by Crippen LogP contribution is 2.20. The highest BCUT2D eigenvalue weighted by atomic mass is 32.2. The summed E-state index contributed by atoms with van der Waals surface area (Å²) < 4.78 is 0. The first-order valence-electron chi connectivity index (χ1n) is 11.3. The molecule has 0 aliphatic heterocycles. The van der Waals surface area contributed by atoms with Crippen LogP contribution in [0.1, 0.15) is 49.3 Å². The van der Waals surface area contributed by atoms with Crippen LogP contribution in [-0.2, 0) is 21.9 Å². The summed E-state index contributed by atoms with van der Waals surface area (Å²) in [4.78, 5) is 38.1. The fraction of sp³-hybridized carbons (Fsp3) is 0.440. The first-order valence-corrected chi connectivity index (χ1v) is 12.5. The van der Waals surface area contributed by atoms with E-state index in [1.807, 2.05) is 31.2 Å². The summed E-state index contributed by atoms with van der Waals surface area (Å²) in [6.07, 6.45) is 4.25. The van der Waals surface area contributed by atoms with E-state index < -0.39 is 11.0 Å². The van der Waals surface area contributed by atoms with Gasteiger partial charge < -0.3 is 10.2 Å². The van der Waals surface area contributed by atoms with E-state index in [1.165, 1.54) is 23.9 Å². The zero-order valence-electron chi connectivity index (χ0n) is 19.2. The van der Waals surface area contributed by atoms with Gasteiger partial charge in [0.25, 0.3) is 5.69 Å². The predicted molar refractivity (Wildman–Crippen MR) is 131 cm³/mol. The van der Waals surface area contributed by atoms with E-state index in [0.717, 1.165) is 42.4 Å². The van der Waals surface area contributed by atoms with Crippen molar-refractivity contribution in [3.05, 3.63) is 75.3 Å². The SMILES string of the molecule is Cc1cccc(CN(C(=O)CSCc2ccc([N+](=O)[O-])cc2)[C@H](C)C(=O)NC2CCCC2)c1. The molecule has 0 bridgehead atoms. The van der Waals surface area contributed by atoms with Gasteiger partial charge in [-0.1, -0.05) is 54.8 Å². The normalized spacial score (nSPS) is 14.6. The van der Waals surface area contributed by atoms with Crippen LogP contribution in [0.2, 0.25) is 0 Å². The number of nitro benzene ring substituents is 1. The lowest BCUT2D eigenvalue weighted by molar-refractivity contribution is -0.384. The number of carbonyl (C=O) groups is 2. The summed E-state index contributed by atoms with van der Waals surface area (Å²) in [6.45, 7) is 4.17. The second-order valence-corrected chi connectivity index (χ2v) is 9.58. The molecule has 0 unspecified atom stereocenters. The summed E-state index contributed by atoms with van der Waals surface area (Å²) in [5.74, 6) is 0.579. The van der Waals surface area contributed by atoms with Gasteiger partial charge in [-0.25, -0.2) is 0 Å². The second kappa shape index (κ2) is 11.8. The summed E-state index contributed by atoms with van der Waals surface area (Å²) >= 11 is 1.44. The summed E-state index contributed by atoms with van der Waals surface area (Å²) in [6, 6.07) is 14.0. The average molecular weight is 470 g/mol. The number of nitrogens with zero attached hydrogens (tertiary/aromatic N) is 2. The number of benzene rings is 2. The molecule has 8 heteroatoms. The van der Waals surface area contributed by atoms with Crippen molar-refractivity contribution in [2.45, 2.75) is 63.9 Å². The lowest BCUT2D eigenvalue weighted by atomic mass is 10.1. The third-order valence-electron chi connectivity index (χ3n) is 5.95. The topological polar surface area (TPSA) is 92.6 Å². The van der Waals surface area contributed by atoms with Crippen LogP contribution in [0, 0.1) is 17.0 Å². The van der Waals surface area contributed by atoms with Crippen molar-refractivity contribution >= 4 is 29.3 Å². The van der Waals surface area contributed by atoms with Crippen molar-refractivity contribution in [1.29, 1.82) is 0 Å². The highest BCUT2D eigenvalue weighted by molar-refractivity contribution is 7.99. The van der Waals surface area contributed by atoms with Crippen LogP contribution < -0.4 is 5.32 Å². The fourth-order valence-electron chi connectivity index (χ4n) is 4.03. The molecule has 0 heterocycles. The van der Waals surface area contributed by atoms with E-state index in [1.54, 1.807) is 24.0 Å². The highest BCUT2D eigenvalue weighted by Gasteiger charge is 2.28. The largest absolute Gasteiger partial charge is 0.352 e. The van der Waals surface area contributed by atoms with Crippen LogP contribution in [0.4, 0.5) is 5.69 Å². The standard InChI is InChI=1S/C25H31N3O4S/c1-18-6-5-7-21(14-18)15-27(19(2)25(30)26-22-8-3-4-9-22)24(29)17-33-16-20-10-12-23(13-11-20)28(31)32/h5-7,10-14,19,22H,3-4,8-9,15-17H2,1-2H3,(H,26,30)/t19-/m1/s1. The van der Waals surface area contributed by atoms with Gasteiger partial charge in [0, 0.05) is 30.5 Å². The lowest BCUT2D eigenvalue weighted by Gasteiger charge is -2.30. The Bertz CT molecular complexity index is 974. The molecule has 0 spiro atoms. The van der Waals surface area contributed by atoms with Crippen molar-refractivity contribution in [2.75, 3.05) is 5.75 Å². The maximum Gasteiger partial charge on any atom is 0.269 e. The van der Waals surface area contributed by atoms with E-state index in [4.69, 9.17) is 0 Å². The number of aryl methyl sites for hydroxylation is 1. The van der Waals surface area contributed by atoms with Crippen LogP contribution in [0.15, 0.2) is 48.5 Å². The van der Waals surface area contributed by atoms with E-state index in [0.29, 0.717) is 12.3 Å². The zero-order chi connectivity index (χ0) is 23.8. The Labute approximate surface area is 199 Å². The van der Waals surface area contributed by atoms with Crippen molar-refractivity contribution < 1.29 is 14.5 Å². The van der Waals surface area contributed by atoms with Crippen LogP contribution in [-0.4, -0.2) is 39.5 Å². The van der Waals surface area contributed by atoms with Crippen LogP contribution in [0.25, 0.3) is 0 Å². The van der Waals surface area contributed by atoms with E-state index in [2.05, 4.69) is 5.32 Å². The van der Waals surface area contributed by atoms with Gasteiger partial charge in [0.05, 0.1) is 10.7 Å². The van der Waals surface area contributed by atoms with Gasteiger partial charge in [-0.15, -0.1) is 11.8 Å². The van der Waals surface area contributed by atoms with Crippen LogP contribution >= 0.6 is 11.8 Å². The van der Waals surface area contributed by atoms with Crippen LogP contribution in [0.5, 0.6) is 0 Å². The minimum Gasteiger partial charge on any atom is -0.352 e. The number of hydrogen-bond donors (Lipinski definition) is 1. The number of thioether (sulfide) groups is 1. The molecule has 0 aromatic heterocycles. The molecule has 2 aromatic rings. The molecule has 0 saturated heterocycles. The van der Waals surface area contributed by atoms with Gasteiger partial charge in [-0.3, -0.25) is 19.7 Å². The van der Waals surface area contributed by atoms with E-state index in [9.17, 15) is 19.7 Å². The molecular formula is C25H31N3O4S. The fourth-order valence-corrected chi connectivity index (χ4v) is 4.91. The second-order valence-electron chi connectivity index (χ2n) is 8.59. The Morgan fingerprint density at radius 1 is 1.15 bits per heavy atom. The van der Waals surface area contributed by atoms with Gasteiger partial charge in [0.1, 0.15) is 6.04 Å².